The second-order valence-corrected chi connectivity index (χ2v) is 10.2. The normalized spacial score (nSPS) is 17.6. The topological polar surface area (TPSA) is 49.9 Å². The standard InChI is InChI=1S/C19H28Cl2N2O3S/c1-19(2,3)26-18(24)22(4)15-7-9-23(10-8-15)11-12-27(25)17-13-14(20)5-6-16(17)21/h5-6,13,15H,7-12H2,1-4H3. The lowest BCUT2D eigenvalue weighted by molar-refractivity contribution is 0.0155. The van der Waals surface area contributed by atoms with E-state index in [0.29, 0.717) is 20.7 Å². The molecule has 1 aliphatic rings. The van der Waals surface area contributed by atoms with Crippen molar-refractivity contribution in [3.05, 3.63) is 28.2 Å². The molecule has 2 rings (SSSR count). The molecule has 1 unspecified atom stereocenters. The van der Waals surface area contributed by atoms with Crippen molar-refractivity contribution in [2.75, 3.05) is 32.4 Å². The molecule has 1 amide bonds. The fraction of sp³-hybridized carbons (Fsp3) is 0.632. The van der Waals surface area contributed by atoms with Crippen LogP contribution in [-0.2, 0) is 15.5 Å². The molecule has 1 heterocycles. The number of carbonyl (C=O) groups is 1. The second-order valence-electron chi connectivity index (χ2n) is 7.79. The Morgan fingerprint density at radius 3 is 2.52 bits per heavy atom. The van der Waals surface area contributed by atoms with Gasteiger partial charge in [0.25, 0.3) is 0 Å². The highest BCUT2D eigenvalue weighted by molar-refractivity contribution is 7.85. The van der Waals surface area contributed by atoms with Crippen LogP contribution in [0.3, 0.4) is 0 Å². The molecule has 0 N–H and O–H groups in total. The molecule has 1 saturated heterocycles. The van der Waals surface area contributed by atoms with Gasteiger partial charge in [-0.05, 0) is 51.8 Å². The Hall–Kier alpha value is -0.820. The molecular weight excluding hydrogens is 407 g/mol. The fourth-order valence-electron chi connectivity index (χ4n) is 2.99. The average molecular weight is 435 g/mol. The van der Waals surface area contributed by atoms with Crippen LogP contribution < -0.4 is 0 Å². The van der Waals surface area contributed by atoms with E-state index in [2.05, 4.69) is 4.90 Å². The molecule has 0 radical (unpaired) electrons. The number of hydrogen-bond acceptors (Lipinski definition) is 4. The van der Waals surface area contributed by atoms with Gasteiger partial charge < -0.3 is 14.5 Å². The number of amides is 1. The molecule has 0 aliphatic carbocycles. The zero-order valence-corrected chi connectivity index (χ0v) is 18.7. The maximum Gasteiger partial charge on any atom is 0.410 e. The summed E-state index contributed by atoms with van der Waals surface area (Å²) in [5, 5.41) is 1.02. The minimum absolute atomic E-state index is 0.170. The Balaban J connectivity index is 1.80. The highest BCUT2D eigenvalue weighted by Gasteiger charge is 2.28. The molecule has 152 valence electrons. The minimum Gasteiger partial charge on any atom is -0.444 e. The van der Waals surface area contributed by atoms with Gasteiger partial charge in [-0.2, -0.15) is 0 Å². The Bertz CT molecular complexity index is 686. The van der Waals surface area contributed by atoms with Gasteiger partial charge in [-0.15, -0.1) is 0 Å². The first kappa shape index (κ1) is 22.5. The molecule has 0 aromatic heterocycles. The molecule has 8 heteroatoms. The van der Waals surface area contributed by atoms with Crippen molar-refractivity contribution < 1.29 is 13.7 Å². The van der Waals surface area contributed by atoms with Crippen LogP contribution in [0.25, 0.3) is 0 Å². The van der Waals surface area contributed by atoms with Crippen LogP contribution in [0.15, 0.2) is 23.1 Å². The number of hydrogen-bond donors (Lipinski definition) is 0. The molecule has 0 spiro atoms. The first-order valence-electron chi connectivity index (χ1n) is 9.08. The van der Waals surface area contributed by atoms with E-state index in [4.69, 9.17) is 27.9 Å². The second kappa shape index (κ2) is 9.59. The van der Waals surface area contributed by atoms with Crippen molar-refractivity contribution in [2.45, 2.75) is 50.2 Å². The molecule has 1 atom stereocenters. The largest absolute Gasteiger partial charge is 0.444 e. The van der Waals surface area contributed by atoms with E-state index in [1.54, 1.807) is 30.1 Å². The molecule has 5 nitrogen and oxygen atoms in total. The molecular formula is C19H28Cl2N2O3S. The Labute approximate surface area is 174 Å². The quantitative estimate of drug-likeness (QED) is 0.687. The lowest BCUT2D eigenvalue weighted by Crippen LogP contribution is -2.47. The number of benzene rings is 1. The van der Waals surface area contributed by atoms with E-state index in [-0.39, 0.29) is 12.1 Å². The molecule has 1 aliphatic heterocycles. The molecule has 1 aromatic carbocycles. The van der Waals surface area contributed by atoms with Crippen LogP contribution in [0.4, 0.5) is 4.79 Å². The van der Waals surface area contributed by atoms with Crippen molar-refractivity contribution in [1.29, 1.82) is 0 Å². The maximum absolute atomic E-state index is 12.5. The summed E-state index contributed by atoms with van der Waals surface area (Å²) in [5.74, 6) is 0.507. The van der Waals surface area contributed by atoms with E-state index in [1.165, 1.54) is 0 Å². The summed E-state index contributed by atoms with van der Waals surface area (Å²) in [6, 6.07) is 5.21. The van der Waals surface area contributed by atoms with E-state index < -0.39 is 16.4 Å². The number of ether oxygens (including phenoxy) is 1. The van der Waals surface area contributed by atoms with Gasteiger partial charge in [0, 0.05) is 43.5 Å². The summed E-state index contributed by atoms with van der Waals surface area (Å²) >= 11 is 12.1. The van der Waals surface area contributed by atoms with Gasteiger partial charge in [-0.3, -0.25) is 4.21 Å². The highest BCUT2D eigenvalue weighted by atomic mass is 35.5. The van der Waals surface area contributed by atoms with Crippen LogP contribution in [0.1, 0.15) is 33.6 Å². The summed E-state index contributed by atoms with van der Waals surface area (Å²) < 4.78 is 18.0. The van der Waals surface area contributed by atoms with Crippen LogP contribution in [-0.4, -0.2) is 64.2 Å². The van der Waals surface area contributed by atoms with Crippen molar-refractivity contribution in [3.63, 3.8) is 0 Å². The van der Waals surface area contributed by atoms with E-state index in [9.17, 15) is 9.00 Å². The Kier molecular flexibility index (Phi) is 7.98. The highest BCUT2D eigenvalue weighted by Crippen LogP contribution is 2.24. The van der Waals surface area contributed by atoms with Crippen LogP contribution in [0, 0.1) is 0 Å². The third-order valence-electron chi connectivity index (χ3n) is 4.52. The lowest BCUT2D eigenvalue weighted by atomic mass is 10.0. The summed E-state index contributed by atoms with van der Waals surface area (Å²) in [7, 11) is 0.610. The number of rotatable bonds is 5. The van der Waals surface area contributed by atoms with Crippen molar-refractivity contribution in [3.8, 4) is 0 Å². The molecule has 1 fully saturated rings. The predicted octanol–water partition coefficient (Wildman–Crippen LogP) is 4.43. The molecule has 0 saturated carbocycles. The number of halogens is 2. The van der Waals surface area contributed by atoms with Gasteiger partial charge in [0.05, 0.1) is 20.7 Å². The van der Waals surface area contributed by atoms with Crippen LogP contribution in [0.2, 0.25) is 10.0 Å². The number of nitrogens with zero attached hydrogens (tertiary/aromatic N) is 2. The average Bonchev–Trinajstić information content (AvgIpc) is 2.60. The third-order valence-corrected chi connectivity index (χ3v) is 6.58. The number of likely N-dealkylation sites (tertiary alicyclic amines) is 1. The molecule has 1 aromatic rings. The van der Waals surface area contributed by atoms with Crippen LogP contribution >= 0.6 is 23.2 Å². The van der Waals surface area contributed by atoms with E-state index >= 15 is 0 Å². The van der Waals surface area contributed by atoms with Gasteiger partial charge in [-0.1, -0.05) is 23.2 Å². The van der Waals surface area contributed by atoms with Gasteiger partial charge in [0.1, 0.15) is 5.60 Å². The van der Waals surface area contributed by atoms with Gasteiger partial charge >= 0.3 is 6.09 Å². The predicted molar refractivity (Wildman–Crippen MR) is 111 cm³/mol. The number of carbonyl (C=O) groups excluding carboxylic acids is 1. The van der Waals surface area contributed by atoms with Gasteiger partial charge in [0.15, 0.2) is 0 Å². The smallest absolute Gasteiger partial charge is 0.410 e. The third kappa shape index (κ3) is 6.93. The maximum atomic E-state index is 12.5. The zero-order chi connectivity index (χ0) is 20.2. The van der Waals surface area contributed by atoms with Gasteiger partial charge in [0.2, 0.25) is 0 Å². The Morgan fingerprint density at radius 2 is 1.93 bits per heavy atom. The number of piperidine rings is 1. The van der Waals surface area contributed by atoms with Gasteiger partial charge in [-0.25, -0.2) is 4.79 Å². The summed E-state index contributed by atoms with van der Waals surface area (Å²) in [5.41, 5.74) is -0.488. The van der Waals surface area contributed by atoms with Crippen molar-refractivity contribution >= 4 is 40.1 Å². The monoisotopic (exact) mass is 434 g/mol. The van der Waals surface area contributed by atoms with E-state index in [0.717, 1.165) is 32.5 Å². The zero-order valence-electron chi connectivity index (χ0n) is 16.3. The first-order valence-corrected chi connectivity index (χ1v) is 11.2. The SMILES string of the molecule is CN(C(=O)OC(C)(C)C)C1CCN(CCS(=O)c2cc(Cl)ccc2Cl)CC1. The Morgan fingerprint density at radius 1 is 1.30 bits per heavy atom. The summed E-state index contributed by atoms with van der Waals surface area (Å²) in [6.07, 6.45) is 1.47. The lowest BCUT2D eigenvalue weighted by Gasteiger charge is -2.37. The summed E-state index contributed by atoms with van der Waals surface area (Å²) in [4.78, 5) is 16.8. The van der Waals surface area contributed by atoms with E-state index in [1.807, 2.05) is 20.8 Å². The molecule has 0 bridgehead atoms. The fourth-order valence-corrected chi connectivity index (χ4v) is 4.79. The summed E-state index contributed by atoms with van der Waals surface area (Å²) in [6.45, 7) is 8.05. The van der Waals surface area contributed by atoms with Crippen LogP contribution in [0.5, 0.6) is 0 Å². The van der Waals surface area contributed by atoms with Crippen molar-refractivity contribution in [2.24, 2.45) is 0 Å². The minimum atomic E-state index is -1.19. The van der Waals surface area contributed by atoms with Crippen molar-refractivity contribution in [1.82, 2.24) is 9.80 Å². The first-order chi connectivity index (χ1) is 12.6. The molecule has 27 heavy (non-hydrogen) atoms.